The van der Waals surface area contributed by atoms with E-state index in [9.17, 15) is 4.79 Å². The Balaban J connectivity index is 1.92. The summed E-state index contributed by atoms with van der Waals surface area (Å²) in [6.07, 6.45) is 3.71. The highest BCUT2D eigenvalue weighted by Gasteiger charge is 2.22. The van der Waals surface area contributed by atoms with Crippen molar-refractivity contribution in [2.24, 2.45) is 5.92 Å². The van der Waals surface area contributed by atoms with Crippen LogP contribution in [0.2, 0.25) is 0 Å². The van der Waals surface area contributed by atoms with Crippen LogP contribution in [0, 0.1) is 9.49 Å². The molecule has 0 bridgehead atoms. The first kappa shape index (κ1) is 15.5. The number of hydrogen-bond donors (Lipinski definition) is 1. The SMILES string of the molecule is CN(C)CC1CCC(NCc2ccccc2I)=CC1=O. The summed E-state index contributed by atoms with van der Waals surface area (Å²) >= 11 is 2.34. The zero-order chi connectivity index (χ0) is 14.5. The van der Waals surface area contributed by atoms with Crippen LogP contribution in [-0.2, 0) is 11.3 Å². The molecule has 0 saturated carbocycles. The highest BCUT2D eigenvalue weighted by molar-refractivity contribution is 14.1. The largest absolute Gasteiger partial charge is 0.384 e. The van der Waals surface area contributed by atoms with Crippen molar-refractivity contribution >= 4 is 28.4 Å². The standard InChI is InChI=1S/C16H21IN2O/c1-19(2)11-13-7-8-14(9-16(13)20)18-10-12-5-3-4-6-15(12)17/h3-6,9,13,18H,7-8,10-11H2,1-2H3. The van der Waals surface area contributed by atoms with E-state index in [0.717, 1.165) is 31.6 Å². The molecule has 1 N–H and O–H groups in total. The van der Waals surface area contributed by atoms with Crippen molar-refractivity contribution in [2.75, 3.05) is 20.6 Å². The van der Waals surface area contributed by atoms with Crippen LogP contribution in [0.25, 0.3) is 0 Å². The lowest BCUT2D eigenvalue weighted by molar-refractivity contribution is -0.119. The number of carbonyl (C=O) groups is 1. The molecule has 0 radical (unpaired) electrons. The first-order valence-corrected chi connectivity index (χ1v) is 8.00. The second-order valence-corrected chi connectivity index (χ2v) is 6.68. The van der Waals surface area contributed by atoms with E-state index in [0.29, 0.717) is 0 Å². The zero-order valence-corrected chi connectivity index (χ0v) is 14.2. The van der Waals surface area contributed by atoms with Crippen LogP contribution >= 0.6 is 22.6 Å². The molecule has 0 spiro atoms. The van der Waals surface area contributed by atoms with Gasteiger partial charge in [-0.25, -0.2) is 0 Å². The van der Waals surface area contributed by atoms with Crippen molar-refractivity contribution in [2.45, 2.75) is 19.4 Å². The minimum Gasteiger partial charge on any atom is -0.384 e. The number of nitrogens with zero attached hydrogens (tertiary/aromatic N) is 1. The number of carbonyl (C=O) groups excluding carboxylic acids is 1. The third-order valence-corrected chi connectivity index (χ3v) is 4.58. The van der Waals surface area contributed by atoms with Gasteiger partial charge in [0.05, 0.1) is 0 Å². The number of ketones is 1. The van der Waals surface area contributed by atoms with Crippen molar-refractivity contribution in [1.82, 2.24) is 10.2 Å². The number of rotatable bonds is 5. The summed E-state index contributed by atoms with van der Waals surface area (Å²) < 4.78 is 1.26. The van der Waals surface area contributed by atoms with Crippen molar-refractivity contribution in [1.29, 1.82) is 0 Å². The van der Waals surface area contributed by atoms with E-state index in [-0.39, 0.29) is 11.7 Å². The highest BCUT2D eigenvalue weighted by Crippen LogP contribution is 2.20. The van der Waals surface area contributed by atoms with Gasteiger partial charge in [-0.2, -0.15) is 0 Å². The van der Waals surface area contributed by atoms with E-state index in [1.54, 1.807) is 6.08 Å². The normalized spacial score (nSPS) is 19.1. The van der Waals surface area contributed by atoms with Crippen LogP contribution < -0.4 is 5.32 Å². The molecule has 0 aromatic heterocycles. The molecule has 3 nitrogen and oxygen atoms in total. The fourth-order valence-corrected chi connectivity index (χ4v) is 3.02. The fourth-order valence-electron chi connectivity index (χ4n) is 2.45. The van der Waals surface area contributed by atoms with Crippen LogP contribution in [-0.4, -0.2) is 31.3 Å². The Hall–Kier alpha value is -0.880. The first-order valence-electron chi connectivity index (χ1n) is 6.92. The summed E-state index contributed by atoms with van der Waals surface area (Å²) in [5.41, 5.74) is 2.35. The Bertz CT molecular complexity index is 511. The molecule has 0 amide bonds. The van der Waals surface area contributed by atoms with E-state index < -0.39 is 0 Å². The minimum absolute atomic E-state index is 0.160. The summed E-state index contributed by atoms with van der Waals surface area (Å²) in [6, 6.07) is 8.31. The predicted octanol–water partition coefficient (Wildman–Crippen LogP) is 2.81. The zero-order valence-electron chi connectivity index (χ0n) is 12.0. The van der Waals surface area contributed by atoms with Gasteiger partial charge >= 0.3 is 0 Å². The lowest BCUT2D eigenvalue weighted by atomic mass is 9.91. The van der Waals surface area contributed by atoms with Gasteiger partial charge < -0.3 is 10.2 Å². The van der Waals surface area contributed by atoms with Crippen molar-refractivity contribution in [3.63, 3.8) is 0 Å². The molecule has 1 aromatic rings. The third-order valence-electron chi connectivity index (χ3n) is 3.53. The number of halogens is 1. The van der Waals surface area contributed by atoms with Gasteiger partial charge in [-0.05, 0) is 61.2 Å². The van der Waals surface area contributed by atoms with Crippen molar-refractivity contribution < 1.29 is 4.79 Å². The quantitative estimate of drug-likeness (QED) is 0.793. The summed E-state index contributed by atoms with van der Waals surface area (Å²) in [5, 5.41) is 3.40. The van der Waals surface area contributed by atoms with Gasteiger partial charge in [0.2, 0.25) is 0 Å². The van der Waals surface area contributed by atoms with Crippen LogP contribution in [0.5, 0.6) is 0 Å². The van der Waals surface area contributed by atoms with Crippen molar-refractivity contribution in [3.8, 4) is 0 Å². The summed E-state index contributed by atoms with van der Waals surface area (Å²) in [4.78, 5) is 14.2. The van der Waals surface area contributed by atoms with E-state index in [1.807, 2.05) is 26.2 Å². The van der Waals surface area contributed by atoms with Gasteiger partial charge in [0.1, 0.15) is 0 Å². The van der Waals surface area contributed by atoms with Gasteiger partial charge in [-0.3, -0.25) is 4.79 Å². The molecule has 0 fully saturated rings. The molecule has 1 aromatic carbocycles. The fraction of sp³-hybridized carbons (Fsp3) is 0.438. The molecule has 0 saturated heterocycles. The van der Waals surface area contributed by atoms with Gasteiger partial charge in [0.15, 0.2) is 5.78 Å². The Morgan fingerprint density at radius 2 is 2.10 bits per heavy atom. The molecule has 1 aliphatic carbocycles. The second-order valence-electron chi connectivity index (χ2n) is 5.51. The van der Waals surface area contributed by atoms with Gasteiger partial charge in [0, 0.05) is 34.4 Å². The maximum Gasteiger partial charge on any atom is 0.161 e. The Labute approximate surface area is 134 Å². The molecule has 1 atom stereocenters. The molecule has 108 valence electrons. The Morgan fingerprint density at radius 3 is 2.75 bits per heavy atom. The highest BCUT2D eigenvalue weighted by atomic mass is 127. The molecular formula is C16H21IN2O. The van der Waals surface area contributed by atoms with E-state index >= 15 is 0 Å². The van der Waals surface area contributed by atoms with Gasteiger partial charge in [-0.1, -0.05) is 18.2 Å². The molecule has 1 aliphatic rings. The number of benzene rings is 1. The smallest absolute Gasteiger partial charge is 0.161 e. The van der Waals surface area contributed by atoms with Crippen LogP contribution in [0.4, 0.5) is 0 Å². The van der Waals surface area contributed by atoms with E-state index in [4.69, 9.17) is 0 Å². The molecule has 0 heterocycles. The first-order chi connectivity index (χ1) is 9.56. The Kier molecular flexibility index (Phi) is 5.60. The molecule has 20 heavy (non-hydrogen) atoms. The average molecular weight is 384 g/mol. The monoisotopic (exact) mass is 384 g/mol. The van der Waals surface area contributed by atoms with Crippen LogP contribution in [0.3, 0.4) is 0 Å². The van der Waals surface area contributed by atoms with E-state index in [2.05, 4.69) is 44.9 Å². The Morgan fingerprint density at radius 1 is 1.35 bits per heavy atom. The van der Waals surface area contributed by atoms with Crippen molar-refractivity contribution in [3.05, 3.63) is 45.2 Å². The summed E-state index contributed by atoms with van der Waals surface area (Å²) in [6.45, 7) is 1.63. The molecule has 0 aliphatic heterocycles. The number of nitrogens with one attached hydrogen (secondary N) is 1. The van der Waals surface area contributed by atoms with Crippen LogP contribution in [0.15, 0.2) is 36.0 Å². The maximum atomic E-state index is 12.1. The minimum atomic E-state index is 0.160. The van der Waals surface area contributed by atoms with Gasteiger partial charge in [-0.15, -0.1) is 0 Å². The topological polar surface area (TPSA) is 32.3 Å². The molecular weight excluding hydrogens is 363 g/mol. The second kappa shape index (κ2) is 7.22. The summed E-state index contributed by atoms with van der Waals surface area (Å²) in [5.74, 6) is 0.419. The van der Waals surface area contributed by atoms with Crippen LogP contribution in [0.1, 0.15) is 18.4 Å². The van der Waals surface area contributed by atoms with Gasteiger partial charge in [0.25, 0.3) is 0 Å². The molecule has 1 unspecified atom stereocenters. The number of allylic oxidation sites excluding steroid dienone is 2. The predicted molar refractivity (Wildman–Crippen MR) is 90.4 cm³/mol. The third kappa shape index (κ3) is 4.31. The maximum absolute atomic E-state index is 12.1. The lowest BCUT2D eigenvalue weighted by Crippen LogP contribution is -2.31. The summed E-state index contributed by atoms with van der Waals surface area (Å²) in [7, 11) is 4.03. The average Bonchev–Trinajstić information content (AvgIpc) is 2.40. The molecule has 4 heteroatoms. The lowest BCUT2D eigenvalue weighted by Gasteiger charge is -2.24. The number of hydrogen-bond acceptors (Lipinski definition) is 3. The molecule has 2 rings (SSSR count). The van der Waals surface area contributed by atoms with E-state index in [1.165, 1.54) is 9.13 Å².